The van der Waals surface area contributed by atoms with Crippen molar-refractivity contribution < 1.29 is 18.9 Å². The lowest BCUT2D eigenvalue weighted by Crippen LogP contribution is -2.01. The summed E-state index contributed by atoms with van der Waals surface area (Å²) in [6.45, 7) is 6.38. The average Bonchev–Trinajstić information content (AvgIpc) is 3.29. The van der Waals surface area contributed by atoms with Crippen molar-refractivity contribution in [2.45, 2.75) is 27.2 Å². The van der Waals surface area contributed by atoms with Crippen molar-refractivity contribution >= 4 is 0 Å². The predicted octanol–water partition coefficient (Wildman–Crippen LogP) is 6.42. The Bertz CT molecular complexity index is 1360. The van der Waals surface area contributed by atoms with Gasteiger partial charge < -0.3 is 18.9 Å². The Hall–Kier alpha value is -3.93. The van der Waals surface area contributed by atoms with E-state index >= 15 is 0 Å². The zero-order valence-corrected chi connectivity index (χ0v) is 21.4. The highest BCUT2D eigenvalue weighted by atomic mass is 16.5. The molecule has 6 heteroatoms. The summed E-state index contributed by atoms with van der Waals surface area (Å²) in [6, 6.07) is 18.3. The van der Waals surface area contributed by atoms with Crippen LogP contribution in [0.1, 0.15) is 23.6 Å². The van der Waals surface area contributed by atoms with E-state index in [0.717, 1.165) is 40.2 Å². The molecule has 0 spiro atoms. The maximum atomic E-state index is 5.61. The fourth-order valence-corrected chi connectivity index (χ4v) is 4.32. The molecule has 0 amide bonds. The Morgan fingerprint density at radius 3 is 1.77 bits per heavy atom. The summed E-state index contributed by atoms with van der Waals surface area (Å²) < 4.78 is 24.1. The fourth-order valence-electron chi connectivity index (χ4n) is 4.32. The van der Waals surface area contributed by atoms with Crippen molar-refractivity contribution in [3.8, 4) is 51.2 Å². The van der Waals surface area contributed by atoms with Crippen LogP contribution in [0.25, 0.3) is 28.2 Å². The van der Waals surface area contributed by atoms with Gasteiger partial charge in [-0.25, -0.2) is 4.68 Å². The molecule has 182 valence electrons. The van der Waals surface area contributed by atoms with Gasteiger partial charge >= 0.3 is 0 Å². The molecule has 0 N–H and O–H groups in total. The van der Waals surface area contributed by atoms with E-state index < -0.39 is 0 Å². The van der Waals surface area contributed by atoms with Gasteiger partial charge in [0.25, 0.3) is 0 Å². The van der Waals surface area contributed by atoms with Gasteiger partial charge in [0.05, 0.1) is 45.5 Å². The number of aromatic nitrogens is 2. The molecule has 6 nitrogen and oxygen atoms in total. The summed E-state index contributed by atoms with van der Waals surface area (Å²) in [4.78, 5) is 0. The molecule has 35 heavy (non-hydrogen) atoms. The van der Waals surface area contributed by atoms with Gasteiger partial charge in [-0.1, -0.05) is 13.0 Å². The number of hydrogen-bond acceptors (Lipinski definition) is 5. The first-order valence-electron chi connectivity index (χ1n) is 11.6. The van der Waals surface area contributed by atoms with Crippen molar-refractivity contribution in [1.29, 1.82) is 0 Å². The van der Waals surface area contributed by atoms with Gasteiger partial charge in [0.15, 0.2) is 23.0 Å². The van der Waals surface area contributed by atoms with Crippen LogP contribution < -0.4 is 18.9 Å². The first-order valence-corrected chi connectivity index (χ1v) is 11.6. The third-order valence-corrected chi connectivity index (χ3v) is 6.39. The third-order valence-electron chi connectivity index (χ3n) is 6.39. The van der Waals surface area contributed by atoms with E-state index in [0.29, 0.717) is 23.0 Å². The molecule has 0 bridgehead atoms. The second-order valence-electron chi connectivity index (χ2n) is 8.35. The summed E-state index contributed by atoms with van der Waals surface area (Å²) >= 11 is 0. The number of benzene rings is 3. The highest BCUT2D eigenvalue weighted by Crippen LogP contribution is 2.40. The second-order valence-corrected chi connectivity index (χ2v) is 8.35. The van der Waals surface area contributed by atoms with E-state index in [-0.39, 0.29) is 0 Å². The number of rotatable bonds is 8. The molecule has 3 aromatic carbocycles. The molecule has 0 aliphatic rings. The number of hydrogen-bond donors (Lipinski definition) is 0. The molecule has 0 aliphatic heterocycles. The standard InChI is InChI=1S/C29H32N2O4/c1-8-23-28(20-10-13-24(32-4)26(16-20)34-6)30-31(22-12-9-18(2)19(3)15-22)29(23)21-11-14-25(33-5)27(17-21)35-7/h9-17H,8H2,1-7H3. The van der Waals surface area contributed by atoms with Crippen LogP contribution in [-0.4, -0.2) is 38.2 Å². The third kappa shape index (κ3) is 4.44. The Morgan fingerprint density at radius 2 is 1.23 bits per heavy atom. The van der Waals surface area contributed by atoms with Gasteiger partial charge in [0.1, 0.15) is 0 Å². The van der Waals surface area contributed by atoms with Crippen LogP contribution in [0.2, 0.25) is 0 Å². The quantitative estimate of drug-likeness (QED) is 0.296. The summed E-state index contributed by atoms with van der Waals surface area (Å²) in [6.07, 6.45) is 0.790. The highest BCUT2D eigenvalue weighted by Gasteiger charge is 2.23. The lowest BCUT2D eigenvalue weighted by atomic mass is 9.99. The van der Waals surface area contributed by atoms with E-state index in [1.54, 1.807) is 28.4 Å². The zero-order valence-electron chi connectivity index (χ0n) is 21.4. The van der Waals surface area contributed by atoms with Crippen LogP contribution in [0.3, 0.4) is 0 Å². The van der Waals surface area contributed by atoms with E-state index in [1.165, 1.54) is 11.1 Å². The van der Waals surface area contributed by atoms with Crippen molar-refractivity contribution in [1.82, 2.24) is 9.78 Å². The summed E-state index contributed by atoms with van der Waals surface area (Å²) in [7, 11) is 6.57. The van der Waals surface area contributed by atoms with Gasteiger partial charge in [-0.3, -0.25) is 0 Å². The molecule has 0 aliphatic carbocycles. The first kappa shape index (κ1) is 24.2. The SMILES string of the molecule is CCc1c(-c2ccc(OC)c(OC)c2)nn(-c2ccc(C)c(C)c2)c1-c1ccc(OC)c(OC)c1. The van der Waals surface area contributed by atoms with Crippen LogP contribution in [0, 0.1) is 13.8 Å². The van der Waals surface area contributed by atoms with Gasteiger partial charge in [-0.2, -0.15) is 5.10 Å². The van der Waals surface area contributed by atoms with E-state index in [1.807, 2.05) is 41.1 Å². The Balaban J connectivity index is 2.02. The van der Waals surface area contributed by atoms with E-state index in [9.17, 15) is 0 Å². The average molecular weight is 473 g/mol. The number of aryl methyl sites for hydroxylation is 2. The zero-order chi connectivity index (χ0) is 25.1. The molecule has 1 aromatic heterocycles. The molecule has 0 radical (unpaired) electrons. The van der Waals surface area contributed by atoms with Crippen molar-refractivity contribution in [2.75, 3.05) is 28.4 Å². The lowest BCUT2D eigenvalue weighted by molar-refractivity contribution is 0.355. The minimum atomic E-state index is 0.667. The minimum absolute atomic E-state index is 0.667. The molecule has 0 fully saturated rings. The lowest BCUT2D eigenvalue weighted by Gasteiger charge is -2.14. The summed E-state index contributed by atoms with van der Waals surface area (Å²) in [5.74, 6) is 2.71. The highest BCUT2D eigenvalue weighted by molar-refractivity contribution is 5.78. The Kier molecular flexibility index (Phi) is 7.01. The second kappa shape index (κ2) is 10.1. The van der Waals surface area contributed by atoms with Crippen LogP contribution >= 0.6 is 0 Å². The van der Waals surface area contributed by atoms with Crippen LogP contribution in [-0.2, 0) is 6.42 Å². The Labute approximate surface area is 207 Å². The normalized spacial score (nSPS) is 10.8. The monoisotopic (exact) mass is 472 g/mol. The molecular formula is C29H32N2O4. The van der Waals surface area contributed by atoms with Gasteiger partial charge in [-0.05, 0) is 79.9 Å². The van der Waals surface area contributed by atoms with Crippen LogP contribution in [0.15, 0.2) is 54.6 Å². The molecular weight excluding hydrogens is 440 g/mol. The van der Waals surface area contributed by atoms with E-state index in [4.69, 9.17) is 24.0 Å². The summed E-state index contributed by atoms with van der Waals surface area (Å²) in [5.41, 5.74) is 8.45. The molecule has 0 atom stereocenters. The van der Waals surface area contributed by atoms with Crippen LogP contribution in [0.4, 0.5) is 0 Å². The minimum Gasteiger partial charge on any atom is -0.493 e. The summed E-state index contributed by atoms with van der Waals surface area (Å²) in [5, 5.41) is 5.15. The van der Waals surface area contributed by atoms with Crippen molar-refractivity contribution in [2.24, 2.45) is 0 Å². The molecule has 4 aromatic rings. The number of ether oxygens (including phenoxy) is 4. The molecule has 1 heterocycles. The smallest absolute Gasteiger partial charge is 0.161 e. The predicted molar refractivity (Wildman–Crippen MR) is 139 cm³/mol. The maximum absolute atomic E-state index is 5.61. The number of nitrogens with zero attached hydrogens (tertiary/aromatic N) is 2. The Morgan fingerprint density at radius 1 is 0.657 bits per heavy atom. The van der Waals surface area contributed by atoms with E-state index in [2.05, 4.69) is 39.0 Å². The van der Waals surface area contributed by atoms with Gasteiger partial charge in [-0.15, -0.1) is 0 Å². The van der Waals surface area contributed by atoms with Gasteiger partial charge in [0, 0.05) is 16.7 Å². The topological polar surface area (TPSA) is 54.7 Å². The molecule has 0 unspecified atom stereocenters. The number of methoxy groups -OCH3 is 4. The van der Waals surface area contributed by atoms with Gasteiger partial charge in [0.2, 0.25) is 0 Å². The first-order chi connectivity index (χ1) is 16.9. The largest absolute Gasteiger partial charge is 0.493 e. The van der Waals surface area contributed by atoms with Crippen molar-refractivity contribution in [3.63, 3.8) is 0 Å². The molecule has 0 saturated heterocycles. The molecule has 4 rings (SSSR count). The maximum Gasteiger partial charge on any atom is 0.161 e. The fraction of sp³-hybridized carbons (Fsp3) is 0.276. The van der Waals surface area contributed by atoms with Crippen molar-refractivity contribution in [3.05, 3.63) is 71.3 Å². The molecule has 0 saturated carbocycles. The van der Waals surface area contributed by atoms with Crippen LogP contribution in [0.5, 0.6) is 23.0 Å².